The summed E-state index contributed by atoms with van der Waals surface area (Å²) >= 11 is 0. The van der Waals surface area contributed by atoms with Crippen LogP contribution >= 0.6 is 0 Å². The summed E-state index contributed by atoms with van der Waals surface area (Å²) in [5.41, 5.74) is 1.06. The first-order valence-corrected chi connectivity index (χ1v) is 9.38. The van der Waals surface area contributed by atoms with E-state index in [9.17, 15) is 10.2 Å². The summed E-state index contributed by atoms with van der Waals surface area (Å²) in [5, 5.41) is 20.2. The number of hydrogen-bond donors (Lipinski definition) is 2. The van der Waals surface area contributed by atoms with Gasteiger partial charge in [-0.15, -0.1) is 0 Å². The molecule has 1 aromatic carbocycles. The lowest BCUT2D eigenvalue weighted by atomic mass is 9.91. The average Bonchev–Trinajstić information content (AvgIpc) is 2.95. The highest BCUT2D eigenvalue weighted by Gasteiger charge is 2.42. The normalized spacial score (nSPS) is 26.4. The lowest BCUT2D eigenvalue weighted by molar-refractivity contribution is -0.00900. The molecule has 1 fully saturated rings. The van der Waals surface area contributed by atoms with E-state index in [1.165, 1.54) is 12.8 Å². The first kappa shape index (κ1) is 20.0. The molecule has 0 spiro atoms. The second-order valence-corrected chi connectivity index (χ2v) is 6.86. The molecule has 25 heavy (non-hydrogen) atoms. The SMILES string of the molecule is CCCC/C=C\C[C@@H]1[C@@H](CO)[C@H](OCc2ccc(OC)cc2)C[C@@H]1O. The highest BCUT2D eigenvalue weighted by molar-refractivity contribution is 5.26. The number of aliphatic hydroxyl groups excluding tert-OH is 2. The fourth-order valence-corrected chi connectivity index (χ4v) is 3.54. The van der Waals surface area contributed by atoms with Crippen LogP contribution in [0, 0.1) is 11.8 Å². The van der Waals surface area contributed by atoms with Crippen molar-refractivity contribution in [2.45, 2.75) is 57.8 Å². The van der Waals surface area contributed by atoms with Crippen LogP contribution in [0.5, 0.6) is 5.75 Å². The number of aliphatic hydroxyl groups is 2. The molecule has 2 rings (SSSR count). The summed E-state index contributed by atoms with van der Waals surface area (Å²) < 4.78 is 11.2. The Kier molecular flexibility index (Phi) is 8.45. The van der Waals surface area contributed by atoms with E-state index < -0.39 is 6.10 Å². The van der Waals surface area contributed by atoms with Crippen LogP contribution in [0.4, 0.5) is 0 Å². The lowest BCUT2D eigenvalue weighted by Crippen LogP contribution is -2.26. The van der Waals surface area contributed by atoms with E-state index in [1.54, 1.807) is 7.11 Å². The molecule has 140 valence electrons. The summed E-state index contributed by atoms with van der Waals surface area (Å²) in [6.07, 6.45) is 8.70. The first-order valence-electron chi connectivity index (χ1n) is 9.38. The van der Waals surface area contributed by atoms with Crippen molar-refractivity contribution < 1.29 is 19.7 Å². The maximum atomic E-state index is 10.4. The van der Waals surface area contributed by atoms with E-state index in [2.05, 4.69) is 19.1 Å². The van der Waals surface area contributed by atoms with Gasteiger partial charge in [0.2, 0.25) is 0 Å². The Hall–Kier alpha value is -1.36. The van der Waals surface area contributed by atoms with E-state index in [0.29, 0.717) is 13.0 Å². The molecule has 4 heteroatoms. The predicted octanol–water partition coefficient (Wildman–Crippen LogP) is 3.71. The van der Waals surface area contributed by atoms with Crippen molar-refractivity contribution >= 4 is 0 Å². The number of unbranched alkanes of at least 4 members (excludes halogenated alkanes) is 2. The third kappa shape index (κ3) is 5.84. The van der Waals surface area contributed by atoms with Gasteiger partial charge in [0.1, 0.15) is 5.75 Å². The van der Waals surface area contributed by atoms with Crippen molar-refractivity contribution in [1.29, 1.82) is 0 Å². The van der Waals surface area contributed by atoms with E-state index in [4.69, 9.17) is 9.47 Å². The van der Waals surface area contributed by atoms with Crippen LogP contribution < -0.4 is 4.74 Å². The second-order valence-electron chi connectivity index (χ2n) is 6.86. The minimum atomic E-state index is -0.408. The van der Waals surface area contributed by atoms with E-state index in [-0.39, 0.29) is 24.5 Å². The van der Waals surface area contributed by atoms with E-state index >= 15 is 0 Å². The van der Waals surface area contributed by atoms with Crippen LogP contribution in [-0.4, -0.2) is 36.1 Å². The van der Waals surface area contributed by atoms with Gasteiger partial charge in [-0.25, -0.2) is 0 Å². The molecule has 1 aromatic rings. The van der Waals surface area contributed by atoms with Crippen molar-refractivity contribution in [2.24, 2.45) is 11.8 Å². The van der Waals surface area contributed by atoms with Crippen molar-refractivity contribution in [3.05, 3.63) is 42.0 Å². The minimum absolute atomic E-state index is 0.0101. The highest BCUT2D eigenvalue weighted by atomic mass is 16.5. The zero-order valence-corrected chi connectivity index (χ0v) is 15.4. The van der Waals surface area contributed by atoms with Crippen LogP contribution in [0.3, 0.4) is 0 Å². The van der Waals surface area contributed by atoms with Crippen molar-refractivity contribution in [3.8, 4) is 5.75 Å². The van der Waals surface area contributed by atoms with E-state index in [0.717, 1.165) is 24.2 Å². The average molecular weight is 348 g/mol. The van der Waals surface area contributed by atoms with Gasteiger partial charge in [-0.05, 0) is 36.5 Å². The summed E-state index contributed by atoms with van der Waals surface area (Å²) in [5.74, 6) is 0.885. The smallest absolute Gasteiger partial charge is 0.118 e. The molecule has 2 N–H and O–H groups in total. The molecule has 0 amide bonds. The van der Waals surface area contributed by atoms with Crippen LogP contribution in [0.15, 0.2) is 36.4 Å². The van der Waals surface area contributed by atoms with Gasteiger partial charge in [0.05, 0.1) is 25.9 Å². The Bertz CT molecular complexity index is 511. The van der Waals surface area contributed by atoms with Gasteiger partial charge in [-0.2, -0.15) is 0 Å². The Balaban J connectivity index is 1.86. The molecular formula is C21H32O4. The summed E-state index contributed by atoms with van der Waals surface area (Å²) in [6, 6.07) is 7.78. The van der Waals surface area contributed by atoms with Gasteiger partial charge >= 0.3 is 0 Å². The Morgan fingerprint density at radius 3 is 2.56 bits per heavy atom. The Morgan fingerprint density at radius 2 is 1.92 bits per heavy atom. The molecule has 4 atom stereocenters. The van der Waals surface area contributed by atoms with Crippen molar-refractivity contribution in [2.75, 3.05) is 13.7 Å². The monoisotopic (exact) mass is 348 g/mol. The molecule has 0 unspecified atom stereocenters. The zero-order chi connectivity index (χ0) is 18.1. The van der Waals surface area contributed by atoms with Crippen molar-refractivity contribution in [1.82, 2.24) is 0 Å². The van der Waals surface area contributed by atoms with E-state index in [1.807, 2.05) is 24.3 Å². The summed E-state index contributed by atoms with van der Waals surface area (Å²) in [6.45, 7) is 2.72. The maximum Gasteiger partial charge on any atom is 0.118 e. The van der Waals surface area contributed by atoms with Gasteiger partial charge in [-0.3, -0.25) is 0 Å². The van der Waals surface area contributed by atoms with Gasteiger partial charge in [-0.1, -0.05) is 44.1 Å². The summed E-state index contributed by atoms with van der Waals surface area (Å²) in [4.78, 5) is 0. The molecule has 1 saturated carbocycles. The largest absolute Gasteiger partial charge is 0.497 e. The molecule has 0 radical (unpaired) electrons. The number of methoxy groups -OCH3 is 1. The topological polar surface area (TPSA) is 58.9 Å². The third-order valence-electron chi connectivity index (χ3n) is 5.13. The maximum absolute atomic E-state index is 10.4. The predicted molar refractivity (Wildman–Crippen MR) is 99.5 cm³/mol. The Morgan fingerprint density at radius 1 is 1.16 bits per heavy atom. The number of benzene rings is 1. The van der Waals surface area contributed by atoms with Crippen molar-refractivity contribution in [3.63, 3.8) is 0 Å². The molecule has 0 heterocycles. The number of allylic oxidation sites excluding steroid dienone is 2. The zero-order valence-electron chi connectivity index (χ0n) is 15.4. The first-order chi connectivity index (χ1) is 12.2. The lowest BCUT2D eigenvalue weighted by Gasteiger charge is -2.23. The van der Waals surface area contributed by atoms with Gasteiger partial charge in [0.25, 0.3) is 0 Å². The standard InChI is InChI=1S/C21H32O4/c1-3-4-5-6-7-8-18-19(14-22)21(13-20(18)23)25-15-16-9-11-17(24-2)12-10-16/h6-7,9-12,18-23H,3-5,8,13-15H2,1-2H3/b7-6-/t18-,19-,20+,21-/m1/s1. The molecule has 4 nitrogen and oxygen atoms in total. The second kappa shape index (κ2) is 10.6. The fourth-order valence-electron chi connectivity index (χ4n) is 3.54. The molecule has 1 aliphatic carbocycles. The minimum Gasteiger partial charge on any atom is -0.497 e. The Labute approximate surface area is 151 Å². The molecule has 0 bridgehead atoms. The van der Waals surface area contributed by atoms with Crippen LogP contribution in [0.25, 0.3) is 0 Å². The molecule has 0 aromatic heterocycles. The van der Waals surface area contributed by atoms with Gasteiger partial charge in [0.15, 0.2) is 0 Å². The number of rotatable bonds is 10. The fraction of sp³-hybridized carbons (Fsp3) is 0.619. The highest BCUT2D eigenvalue weighted by Crippen LogP contribution is 2.37. The van der Waals surface area contributed by atoms with Crippen LogP contribution in [0.1, 0.15) is 44.6 Å². The third-order valence-corrected chi connectivity index (χ3v) is 5.13. The molecular weight excluding hydrogens is 316 g/mol. The number of ether oxygens (including phenoxy) is 2. The summed E-state index contributed by atoms with van der Waals surface area (Å²) in [7, 11) is 1.65. The van der Waals surface area contributed by atoms with Crippen LogP contribution in [0.2, 0.25) is 0 Å². The molecule has 1 aliphatic rings. The number of hydrogen-bond acceptors (Lipinski definition) is 4. The van der Waals surface area contributed by atoms with Gasteiger partial charge < -0.3 is 19.7 Å². The quantitative estimate of drug-likeness (QED) is 0.500. The molecule has 0 saturated heterocycles. The van der Waals surface area contributed by atoms with Crippen LogP contribution in [-0.2, 0) is 11.3 Å². The molecule has 0 aliphatic heterocycles. The van der Waals surface area contributed by atoms with Gasteiger partial charge in [0, 0.05) is 18.9 Å².